The molecular weight excluding hydrogens is 236 g/mol. The predicted molar refractivity (Wildman–Crippen MR) is 66.3 cm³/mol. The predicted octanol–water partition coefficient (Wildman–Crippen LogP) is 0.796. The van der Waals surface area contributed by atoms with E-state index in [9.17, 15) is 14.7 Å². The molecule has 1 fully saturated rings. The first-order chi connectivity index (χ1) is 8.52. The van der Waals surface area contributed by atoms with Crippen molar-refractivity contribution in [1.29, 1.82) is 0 Å². The minimum atomic E-state index is -1.25. The van der Waals surface area contributed by atoms with Gasteiger partial charge >= 0.3 is 12.0 Å². The van der Waals surface area contributed by atoms with Crippen LogP contribution in [-0.4, -0.2) is 52.3 Å². The van der Waals surface area contributed by atoms with E-state index in [1.165, 1.54) is 13.3 Å². The quantitative estimate of drug-likeness (QED) is 0.698. The topological polar surface area (TPSA) is 89.9 Å². The van der Waals surface area contributed by atoms with E-state index < -0.39 is 24.1 Å². The number of rotatable bonds is 3. The third-order valence-corrected chi connectivity index (χ3v) is 3.17. The first-order valence-corrected chi connectivity index (χ1v) is 6.48. The summed E-state index contributed by atoms with van der Waals surface area (Å²) in [6.45, 7) is 2.66. The summed E-state index contributed by atoms with van der Waals surface area (Å²) in [6.07, 6.45) is 4.17. The number of urea groups is 1. The number of aliphatic hydroxyl groups excluding tert-OH is 1. The van der Waals surface area contributed by atoms with E-state index in [1.807, 2.05) is 0 Å². The van der Waals surface area contributed by atoms with E-state index in [-0.39, 0.29) is 0 Å². The van der Waals surface area contributed by atoms with Gasteiger partial charge in [-0.15, -0.1) is 0 Å². The second kappa shape index (κ2) is 7.20. The molecule has 1 heterocycles. The summed E-state index contributed by atoms with van der Waals surface area (Å²) in [5.74, 6) is -1.22. The lowest BCUT2D eigenvalue weighted by atomic mass is 10.1. The smallest absolute Gasteiger partial charge is 0.328 e. The molecule has 104 valence electrons. The van der Waals surface area contributed by atoms with E-state index >= 15 is 0 Å². The van der Waals surface area contributed by atoms with Crippen LogP contribution in [0, 0.1) is 0 Å². The molecule has 1 rings (SSSR count). The third-order valence-electron chi connectivity index (χ3n) is 3.17. The largest absolute Gasteiger partial charge is 0.480 e. The molecule has 0 saturated carbocycles. The molecule has 1 aliphatic rings. The van der Waals surface area contributed by atoms with Crippen molar-refractivity contribution in [3.63, 3.8) is 0 Å². The van der Waals surface area contributed by atoms with Crippen LogP contribution < -0.4 is 5.32 Å². The highest BCUT2D eigenvalue weighted by Crippen LogP contribution is 2.10. The second-order valence-corrected chi connectivity index (χ2v) is 4.76. The van der Waals surface area contributed by atoms with Crippen molar-refractivity contribution in [2.45, 2.75) is 51.2 Å². The van der Waals surface area contributed by atoms with Gasteiger partial charge in [0.1, 0.15) is 0 Å². The zero-order valence-electron chi connectivity index (χ0n) is 10.8. The van der Waals surface area contributed by atoms with Gasteiger partial charge in [-0.2, -0.15) is 0 Å². The summed E-state index contributed by atoms with van der Waals surface area (Å²) in [5, 5.41) is 20.6. The molecule has 2 amide bonds. The van der Waals surface area contributed by atoms with Crippen LogP contribution in [-0.2, 0) is 4.79 Å². The Balaban J connectivity index is 2.53. The van der Waals surface area contributed by atoms with Crippen LogP contribution in [0.5, 0.6) is 0 Å². The van der Waals surface area contributed by atoms with Crippen molar-refractivity contribution in [2.24, 2.45) is 0 Å². The average Bonchev–Trinajstić information content (AvgIpc) is 2.24. The molecule has 6 heteroatoms. The molecule has 0 spiro atoms. The lowest BCUT2D eigenvalue weighted by molar-refractivity contribution is -0.141. The van der Waals surface area contributed by atoms with Gasteiger partial charge in [-0.05, 0) is 19.8 Å². The number of carbonyl (C=O) groups excluding carboxylic acids is 1. The molecule has 6 nitrogen and oxygen atoms in total. The normalized spacial score (nSPS) is 20.4. The summed E-state index contributed by atoms with van der Waals surface area (Å²) in [5.41, 5.74) is 0. The van der Waals surface area contributed by atoms with Crippen LogP contribution in [0.25, 0.3) is 0 Å². The fourth-order valence-electron chi connectivity index (χ4n) is 2.06. The van der Waals surface area contributed by atoms with Gasteiger partial charge < -0.3 is 20.4 Å². The Bertz CT molecular complexity index is 286. The molecule has 18 heavy (non-hydrogen) atoms. The maximum atomic E-state index is 11.9. The highest BCUT2D eigenvalue weighted by molar-refractivity contribution is 5.83. The molecule has 2 atom stereocenters. The first-order valence-electron chi connectivity index (χ1n) is 6.48. The zero-order chi connectivity index (χ0) is 13.5. The Morgan fingerprint density at radius 2 is 1.61 bits per heavy atom. The van der Waals surface area contributed by atoms with E-state index in [4.69, 9.17) is 5.11 Å². The molecule has 1 aliphatic heterocycles. The van der Waals surface area contributed by atoms with Crippen molar-refractivity contribution < 1.29 is 19.8 Å². The summed E-state index contributed by atoms with van der Waals surface area (Å²) in [6, 6.07) is -1.65. The minimum Gasteiger partial charge on any atom is -0.480 e. The van der Waals surface area contributed by atoms with E-state index in [2.05, 4.69) is 5.32 Å². The Morgan fingerprint density at radius 3 is 2.06 bits per heavy atom. The van der Waals surface area contributed by atoms with Crippen LogP contribution in [0.1, 0.15) is 39.0 Å². The van der Waals surface area contributed by atoms with Gasteiger partial charge in [-0.1, -0.05) is 19.3 Å². The van der Waals surface area contributed by atoms with Gasteiger partial charge in [0.05, 0.1) is 6.10 Å². The number of hydrogen-bond acceptors (Lipinski definition) is 3. The standard InChI is InChI=1S/C12H22N2O4/c1-9(15)10(11(16)17)13-12(18)14-7-5-3-2-4-6-8-14/h9-10,15H,2-8H2,1H3,(H,13,18)(H,16,17)/t9-,10+/m1/s1. The van der Waals surface area contributed by atoms with Crippen LogP contribution in [0.3, 0.4) is 0 Å². The number of aliphatic hydroxyl groups is 1. The molecule has 0 aromatic rings. The van der Waals surface area contributed by atoms with E-state index in [0.29, 0.717) is 13.1 Å². The second-order valence-electron chi connectivity index (χ2n) is 4.76. The van der Waals surface area contributed by atoms with Gasteiger partial charge in [-0.25, -0.2) is 9.59 Å². The Morgan fingerprint density at radius 1 is 1.11 bits per heavy atom. The maximum absolute atomic E-state index is 11.9. The zero-order valence-corrected chi connectivity index (χ0v) is 10.8. The SMILES string of the molecule is C[C@@H](O)[C@H](NC(=O)N1CCCCCCC1)C(=O)O. The van der Waals surface area contributed by atoms with Gasteiger partial charge in [-0.3, -0.25) is 0 Å². The highest BCUT2D eigenvalue weighted by Gasteiger charge is 2.27. The molecule has 0 aliphatic carbocycles. The van der Waals surface area contributed by atoms with E-state index in [1.54, 1.807) is 4.90 Å². The van der Waals surface area contributed by atoms with Crippen LogP contribution in [0.15, 0.2) is 0 Å². The van der Waals surface area contributed by atoms with Crippen molar-refractivity contribution in [3.8, 4) is 0 Å². The summed E-state index contributed by atoms with van der Waals surface area (Å²) < 4.78 is 0. The number of nitrogens with one attached hydrogen (secondary N) is 1. The monoisotopic (exact) mass is 258 g/mol. The lowest BCUT2D eigenvalue weighted by Crippen LogP contribution is -2.52. The van der Waals surface area contributed by atoms with Crippen molar-refractivity contribution in [3.05, 3.63) is 0 Å². The van der Waals surface area contributed by atoms with Crippen molar-refractivity contribution >= 4 is 12.0 Å². The number of likely N-dealkylation sites (tertiary alicyclic amines) is 1. The van der Waals surface area contributed by atoms with Crippen LogP contribution in [0.2, 0.25) is 0 Å². The molecule has 3 N–H and O–H groups in total. The third kappa shape index (κ3) is 4.52. The van der Waals surface area contributed by atoms with Crippen LogP contribution in [0.4, 0.5) is 4.79 Å². The molecule has 0 aromatic carbocycles. The molecule has 0 aromatic heterocycles. The molecule has 0 unspecified atom stereocenters. The Kier molecular flexibility index (Phi) is 5.91. The highest BCUT2D eigenvalue weighted by atomic mass is 16.4. The number of amides is 2. The Labute approximate surface area is 107 Å². The summed E-state index contributed by atoms with van der Waals surface area (Å²) in [7, 11) is 0. The van der Waals surface area contributed by atoms with E-state index in [0.717, 1.165) is 25.7 Å². The average molecular weight is 258 g/mol. The lowest BCUT2D eigenvalue weighted by Gasteiger charge is -2.27. The maximum Gasteiger partial charge on any atom is 0.328 e. The van der Waals surface area contributed by atoms with Crippen molar-refractivity contribution in [2.75, 3.05) is 13.1 Å². The number of aliphatic carboxylic acids is 1. The van der Waals surface area contributed by atoms with Gasteiger partial charge in [0.2, 0.25) is 0 Å². The molecule has 0 radical (unpaired) electrons. The summed E-state index contributed by atoms with van der Waals surface area (Å²) >= 11 is 0. The number of nitrogens with zero attached hydrogens (tertiary/aromatic N) is 1. The van der Waals surface area contributed by atoms with Crippen molar-refractivity contribution in [1.82, 2.24) is 10.2 Å². The van der Waals surface area contributed by atoms with Gasteiger partial charge in [0.25, 0.3) is 0 Å². The number of carbonyl (C=O) groups is 2. The number of carboxylic acid groups (broad SMARTS) is 1. The molecular formula is C12H22N2O4. The fourth-order valence-corrected chi connectivity index (χ4v) is 2.06. The molecule has 1 saturated heterocycles. The fraction of sp³-hybridized carbons (Fsp3) is 0.833. The summed E-state index contributed by atoms with van der Waals surface area (Å²) in [4.78, 5) is 24.4. The van der Waals surface area contributed by atoms with Gasteiger partial charge in [0.15, 0.2) is 6.04 Å². The molecule has 0 bridgehead atoms. The number of hydrogen-bond donors (Lipinski definition) is 3. The van der Waals surface area contributed by atoms with Crippen LogP contribution >= 0.6 is 0 Å². The first kappa shape index (κ1) is 14.8. The minimum absolute atomic E-state index is 0.398. The Hall–Kier alpha value is -1.30. The van der Waals surface area contributed by atoms with Gasteiger partial charge in [0, 0.05) is 13.1 Å². The number of carboxylic acids is 1.